The standard InChI is InChI=1S/C15H22N3O4P/c1-18-9-10(11-4-2-3-5-12(11)18)8-15(21)23(17,22)13(16)6-7-14(19)20/h2-5,9,13,15,21H,6-8,16H2,1H3,(H2,17,22)(H,19,20). The van der Waals surface area contributed by atoms with Crippen LogP contribution in [-0.2, 0) is 22.8 Å². The lowest BCUT2D eigenvalue weighted by Crippen LogP contribution is -2.32. The molecule has 0 radical (unpaired) electrons. The first-order chi connectivity index (χ1) is 10.7. The number of carboxylic acids is 1. The van der Waals surface area contributed by atoms with E-state index in [1.54, 1.807) is 0 Å². The summed E-state index contributed by atoms with van der Waals surface area (Å²) in [5, 5.41) is 19.9. The Morgan fingerprint density at radius 2 is 2.04 bits per heavy atom. The van der Waals surface area contributed by atoms with Crippen molar-refractivity contribution >= 4 is 24.2 Å². The Bertz CT molecular complexity index is 758. The van der Waals surface area contributed by atoms with Gasteiger partial charge in [-0.1, -0.05) is 18.2 Å². The van der Waals surface area contributed by atoms with E-state index in [-0.39, 0.29) is 19.3 Å². The van der Waals surface area contributed by atoms with Crippen LogP contribution in [-0.4, -0.2) is 32.4 Å². The highest BCUT2D eigenvalue weighted by Crippen LogP contribution is 2.47. The SMILES string of the molecule is Cn1cc(CC(O)P(N)(=O)C(N)CCC(=O)O)c2ccccc21. The van der Waals surface area contributed by atoms with E-state index in [2.05, 4.69) is 0 Å². The van der Waals surface area contributed by atoms with Crippen LogP contribution in [0.1, 0.15) is 18.4 Å². The molecule has 3 atom stereocenters. The number of benzene rings is 1. The number of fused-ring (bicyclic) bond motifs is 1. The molecule has 7 nitrogen and oxygen atoms in total. The van der Waals surface area contributed by atoms with Crippen LogP contribution in [0.15, 0.2) is 30.5 Å². The molecule has 1 aromatic heterocycles. The van der Waals surface area contributed by atoms with Gasteiger partial charge < -0.3 is 25.1 Å². The van der Waals surface area contributed by atoms with Crippen LogP contribution in [0.3, 0.4) is 0 Å². The molecule has 0 saturated heterocycles. The largest absolute Gasteiger partial charge is 0.481 e. The number of carbonyl (C=O) groups is 1. The van der Waals surface area contributed by atoms with Gasteiger partial charge in [0.05, 0.1) is 5.78 Å². The Hall–Kier alpha value is -1.66. The predicted molar refractivity (Wildman–Crippen MR) is 89.3 cm³/mol. The van der Waals surface area contributed by atoms with Crippen LogP contribution < -0.4 is 11.2 Å². The van der Waals surface area contributed by atoms with Gasteiger partial charge in [-0.3, -0.25) is 10.3 Å². The van der Waals surface area contributed by atoms with Crippen LogP contribution >= 0.6 is 7.29 Å². The lowest BCUT2D eigenvalue weighted by Gasteiger charge is -2.25. The Morgan fingerprint density at radius 1 is 1.39 bits per heavy atom. The molecule has 0 aliphatic rings. The molecule has 0 amide bonds. The second kappa shape index (κ2) is 6.84. The topological polar surface area (TPSA) is 132 Å². The maximum absolute atomic E-state index is 12.6. The molecule has 1 heterocycles. The molecule has 126 valence electrons. The summed E-state index contributed by atoms with van der Waals surface area (Å²) in [5.74, 6) is -3.38. The zero-order valence-corrected chi connectivity index (χ0v) is 13.8. The number of aliphatic carboxylic acids is 1. The van der Waals surface area contributed by atoms with Crippen LogP contribution in [0.2, 0.25) is 0 Å². The molecule has 1 aromatic carbocycles. The number of aromatic nitrogens is 1. The summed E-state index contributed by atoms with van der Waals surface area (Å²) in [6.07, 6.45) is 1.70. The van der Waals surface area contributed by atoms with Crippen molar-refractivity contribution in [3.05, 3.63) is 36.0 Å². The monoisotopic (exact) mass is 339 g/mol. The summed E-state index contributed by atoms with van der Waals surface area (Å²) in [6.45, 7) is 0. The minimum Gasteiger partial charge on any atom is -0.481 e. The van der Waals surface area contributed by atoms with Crippen molar-refractivity contribution in [2.24, 2.45) is 18.3 Å². The molecular formula is C15H22N3O4P. The molecule has 6 N–H and O–H groups in total. The summed E-state index contributed by atoms with van der Waals surface area (Å²) in [6, 6.07) is 7.67. The van der Waals surface area contributed by atoms with Gasteiger partial charge in [0, 0.05) is 37.0 Å². The van der Waals surface area contributed by atoms with Crippen LogP contribution in [0, 0.1) is 0 Å². The first-order valence-corrected chi connectivity index (χ1v) is 9.21. The van der Waals surface area contributed by atoms with Crippen molar-refractivity contribution < 1.29 is 19.6 Å². The van der Waals surface area contributed by atoms with Crippen molar-refractivity contribution in [3.63, 3.8) is 0 Å². The number of aliphatic hydroxyl groups excluding tert-OH is 1. The van der Waals surface area contributed by atoms with E-state index in [0.717, 1.165) is 16.5 Å². The quantitative estimate of drug-likeness (QED) is 0.564. The van der Waals surface area contributed by atoms with Gasteiger partial charge in [-0.25, -0.2) is 0 Å². The molecule has 3 unspecified atom stereocenters. The van der Waals surface area contributed by atoms with E-state index in [4.69, 9.17) is 16.3 Å². The first-order valence-electron chi connectivity index (χ1n) is 7.30. The molecule has 0 saturated carbocycles. The molecule has 2 rings (SSSR count). The van der Waals surface area contributed by atoms with Gasteiger partial charge in [0.15, 0.2) is 7.29 Å². The highest BCUT2D eigenvalue weighted by Gasteiger charge is 2.34. The average molecular weight is 339 g/mol. The average Bonchev–Trinajstić information content (AvgIpc) is 2.81. The van der Waals surface area contributed by atoms with Gasteiger partial charge in [-0.15, -0.1) is 0 Å². The molecule has 2 aromatic rings. The number of nitrogens with zero attached hydrogens (tertiary/aromatic N) is 1. The summed E-state index contributed by atoms with van der Waals surface area (Å²) < 4.78 is 14.5. The Morgan fingerprint density at radius 3 is 2.70 bits per heavy atom. The zero-order chi connectivity index (χ0) is 17.2. The van der Waals surface area contributed by atoms with Crippen LogP contribution in [0.4, 0.5) is 0 Å². The summed E-state index contributed by atoms with van der Waals surface area (Å²) >= 11 is 0. The fraction of sp³-hybridized carbons (Fsp3) is 0.400. The Kier molecular flexibility index (Phi) is 5.26. The van der Waals surface area contributed by atoms with E-state index in [0.29, 0.717) is 0 Å². The minimum atomic E-state index is -3.60. The van der Waals surface area contributed by atoms with Crippen molar-refractivity contribution in [2.75, 3.05) is 0 Å². The third-order valence-electron chi connectivity index (χ3n) is 4.02. The van der Waals surface area contributed by atoms with Gasteiger partial charge in [-0.05, 0) is 18.1 Å². The third-order valence-corrected chi connectivity index (χ3v) is 6.43. The molecule has 0 fully saturated rings. The zero-order valence-electron chi connectivity index (χ0n) is 12.9. The van der Waals surface area contributed by atoms with Crippen molar-refractivity contribution in [1.29, 1.82) is 0 Å². The maximum atomic E-state index is 12.6. The number of rotatable bonds is 7. The smallest absolute Gasteiger partial charge is 0.303 e. The number of carboxylic acid groups (broad SMARTS) is 1. The molecule has 23 heavy (non-hydrogen) atoms. The number of hydrogen-bond acceptors (Lipinski definition) is 4. The second-order valence-corrected chi connectivity index (χ2v) is 8.52. The summed E-state index contributed by atoms with van der Waals surface area (Å²) in [5.41, 5.74) is 13.3. The minimum absolute atomic E-state index is 0.0320. The molecule has 0 spiro atoms. The summed E-state index contributed by atoms with van der Waals surface area (Å²) in [4.78, 5) is 10.6. The van der Waals surface area contributed by atoms with Gasteiger partial charge in [0.1, 0.15) is 5.85 Å². The number of aryl methyl sites for hydroxylation is 1. The predicted octanol–water partition coefficient (Wildman–Crippen LogP) is 1.43. The van der Waals surface area contributed by atoms with E-state index < -0.39 is 24.9 Å². The van der Waals surface area contributed by atoms with E-state index in [9.17, 15) is 14.5 Å². The maximum Gasteiger partial charge on any atom is 0.303 e. The Labute approximate surface area is 134 Å². The third kappa shape index (κ3) is 3.82. The van der Waals surface area contributed by atoms with E-state index in [1.807, 2.05) is 42.1 Å². The number of aliphatic hydroxyl groups is 1. The fourth-order valence-electron chi connectivity index (χ4n) is 2.62. The van der Waals surface area contributed by atoms with Crippen LogP contribution in [0.5, 0.6) is 0 Å². The number of para-hydroxylation sites is 1. The molecule has 0 aliphatic heterocycles. The normalized spacial score (nSPS) is 16.9. The lowest BCUT2D eigenvalue weighted by atomic mass is 10.1. The van der Waals surface area contributed by atoms with Crippen molar-refractivity contribution in [3.8, 4) is 0 Å². The fourth-order valence-corrected chi connectivity index (χ4v) is 4.08. The summed E-state index contributed by atoms with van der Waals surface area (Å²) in [7, 11) is -1.72. The lowest BCUT2D eigenvalue weighted by molar-refractivity contribution is -0.137. The van der Waals surface area contributed by atoms with E-state index >= 15 is 0 Å². The van der Waals surface area contributed by atoms with Gasteiger partial charge in [-0.2, -0.15) is 0 Å². The first kappa shape index (κ1) is 17.7. The highest BCUT2D eigenvalue weighted by atomic mass is 31.2. The van der Waals surface area contributed by atoms with E-state index in [1.165, 1.54) is 0 Å². The molecule has 0 bridgehead atoms. The molecule has 8 heteroatoms. The van der Waals surface area contributed by atoms with Gasteiger partial charge >= 0.3 is 5.97 Å². The van der Waals surface area contributed by atoms with Crippen molar-refractivity contribution in [2.45, 2.75) is 30.9 Å². The molecular weight excluding hydrogens is 317 g/mol. The number of hydrogen-bond donors (Lipinski definition) is 4. The number of nitrogens with two attached hydrogens (primary N) is 2. The molecule has 0 aliphatic carbocycles. The van der Waals surface area contributed by atoms with Crippen LogP contribution in [0.25, 0.3) is 10.9 Å². The van der Waals surface area contributed by atoms with Gasteiger partial charge in [0.2, 0.25) is 0 Å². The highest BCUT2D eigenvalue weighted by molar-refractivity contribution is 7.62. The Balaban J connectivity index is 2.17. The van der Waals surface area contributed by atoms with Crippen molar-refractivity contribution in [1.82, 2.24) is 4.57 Å². The second-order valence-electron chi connectivity index (χ2n) is 5.73. The van der Waals surface area contributed by atoms with Gasteiger partial charge in [0.25, 0.3) is 0 Å².